The highest BCUT2D eigenvalue weighted by molar-refractivity contribution is 7.99. The van der Waals surface area contributed by atoms with Gasteiger partial charge in [-0.1, -0.05) is 16.9 Å². The summed E-state index contributed by atoms with van der Waals surface area (Å²) in [4.78, 5) is 10.5. The van der Waals surface area contributed by atoms with Crippen LogP contribution in [0.25, 0.3) is 11.6 Å². The lowest BCUT2D eigenvalue weighted by atomic mass is 10.4. The van der Waals surface area contributed by atoms with E-state index in [2.05, 4.69) is 15.4 Å². The zero-order valence-electron chi connectivity index (χ0n) is 8.34. The lowest BCUT2D eigenvalue weighted by Gasteiger charge is -1.88. The van der Waals surface area contributed by atoms with Crippen LogP contribution in [0.5, 0.6) is 0 Å². The molecule has 16 heavy (non-hydrogen) atoms. The predicted molar refractivity (Wildman–Crippen MR) is 54.5 cm³/mol. The molecule has 8 heteroatoms. The Morgan fingerprint density at radius 1 is 1.56 bits per heavy atom. The molecular weight excluding hydrogens is 232 g/mol. The van der Waals surface area contributed by atoms with Crippen molar-refractivity contribution in [1.29, 1.82) is 0 Å². The molecule has 2 N–H and O–H groups in total. The first-order valence-electron chi connectivity index (χ1n) is 4.33. The number of carbonyl (C=O) groups is 1. The van der Waals surface area contributed by atoms with Gasteiger partial charge in [0.1, 0.15) is 5.76 Å². The molecule has 0 aliphatic rings. The van der Waals surface area contributed by atoms with Gasteiger partial charge in [-0.2, -0.15) is 0 Å². The van der Waals surface area contributed by atoms with Gasteiger partial charge < -0.3 is 14.7 Å². The molecule has 0 radical (unpaired) electrons. The van der Waals surface area contributed by atoms with Crippen molar-refractivity contribution in [3.8, 4) is 11.6 Å². The standard InChI is InChI=1S/C8H8N4O3S/c1-4-2-5(12-15-4)7-10-11-8(14-7)16-3-6(9)13/h2H,3H2,1H3,(H2,9,13). The fourth-order valence-electron chi connectivity index (χ4n) is 0.972. The topological polar surface area (TPSA) is 108 Å². The summed E-state index contributed by atoms with van der Waals surface area (Å²) in [5, 5.41) is 11.5. The number of hydrogen-bond donors (Lipinski definition) is 1. The highest BCUT2D eigenvalue weighted by atomic mass is 32.2. The Bertz CT molecular complexity index is 507. The van der Waals surface area contributed by atoms with Crippen LogP contribution in [0.1, 0.15) is 5.76 Å². The second-order valence-electron chi connectivity index (χ2n) is 2.95. The Hall–Kier alpha value is -1.83. The Morgan fingerprint density at radius 2 is 2.38 bits per heavy atom. The van der Waals surface area contributed by atoms with Gasteiger partial charge >= 0.3 is 0 Å². The molecule has 0 aromatic carbocycles. The minimum absolute atomic E-state index is 0.0967. The molecule has 0 bridgehead atoms. The summed E-state index contributed by atoms with van der Waals surface area (Å²) in [5.41, 5.74) is 5.45. The van der Waals surface area contributed by atoms with Crippen molar-refractivity contribution in [2.45, 2.75) is 12.1 Å². The van der Waals surface area contributed by atoms with Crippen LogP contribution in [0.3, 0.4) is 0 Å². The summed E-state index contributed by atoms with van der Waals surface area (Å²) >= 11 is 1.08. The molecule has 0 unspecified atom stereocenters. The average Bonchev–Trinajstić information content (AvgIpc) is 2.83. The van der Waals surface area contributed by atoms with Gasteiger partial charge in [-0.15, -0.1) is 10.2 Å². The molecule has 0 aliphatic carbocycles. The molecule has 2 heterocycles. The second-order valence-corrected chi connectivity index (χ2v) is 3.88. The molecule has 0 saturated heterocycles. The van der Waals surface area contributed by atoms with Gasteiger partial charge in [-0.3, -0.25) is 4.79 Å². The molecule has 0 fully saturated rings. The largest absolute Gasteiger partial charge is 0.409 e. The summed E-state index contributed by atoms with van der Waals surface area (Å²) in [7, 11) is 0. The van der Waals surface area contributed by atoms with E-state index in [9.17, 15) is 4.79 Å². The molecule has 0 spiro atoms. The van der Waals surface area contributed by atoms with Gasteiger partial charge in [0, 0.05) is 6.07 Å². The van der Waals surface area contributed by atoms with Crippen LogP contribution in [-0.4, -0.2) is 27.0 Å². The number of rotatable bonds is 4. The number of aryl methyl sites for hydroxylation is 1. The Labute approximate surface area is 94.4 Å². The molecule has 2 rings (SSSR count). The molecule has 1 amide bonds. The fraction of sp³-hybridized carbons (Fsp3) is 0.250. The first kappa shape index (κ1) is 10.7. The van der Waals surface area contributed by atoms with Crippen LogP contribution in [0.4, 0.5) is 0 Å². The number of carbonyl (C=O) groups excluding carboxylic acids is 1. The Balaban J connectivity index is 2.10. The van der Waals surface area contributed by atoms with E-state index in [-0.39, 0.29) is 16.9 Å². The van der Waals surface area contributed by atoms with Gasteiger partial charge in [0.15, 0.2) is 5.69 Å². The van der Waals surface area contributed by atoms with Crippen molar-refractivity contribution < 1.29 is 13.7 Å². The maximum atomic E-state index is 10.5. The van der Waals surface area contributed by atoms with Gasteiger partial charge in [-0.25, -0.2) is 0 Å². The molecule has 0 saturated carbocycles. The van der Waals surface area contributed by atoms with E-state index in [1.165, 1.54) is 0 Å². The molecule has 0 atom stereocenters. The Kier molecular flexibility index (Phi) is 2.91. The van der Waals surface area contributed by atoms with E-state index < -0.39 is 5.91 Å². The number of thioether (sulfide) groups is 1. The van der Waals surface area contributed by atoms with E-state index in [1.807, 2.05) is 0 Å². The van der Waals surface area contributed by atoms with Crippen LogP contribution < -0.4 is 5.73 Å². The van der Waals surface area contributed by atoms with E-state index in [1.54, 1.807) is 13.0 Å². The monoisotopic (exact) mass is 240 g/mol. The second kappa shape index (κ2) is 4.35. The normalized spacial score (nSPS) is 10.6. The average molecular weight is 240 g/mol. The van der Waals surface area contributed by atoms with E-state index in [0.717, 1.165) is 11.8 Å². The van der Waals surface area contributed by atoms with Crippen LogP contribution >= 0.6 is 11.8 Å². The van der Waals surface area contributed by atoms with Gasteiger partial charge in [0.25, 0.3) is 11.1 Å². The molecule has 2 aromatic heterocycles. The predicted octanol–water partition coefficient (Wildman–Crippen LogP) is 0.610. The minimum Gasteiger partial charge on any atom is -0.409 e. The van der Waals surface area contributed by atoms with Gasteiger partial charge in [-0.05, 0) is 6.92 Å². The van der Waals surface area contributed by atoms with Crippen LogP contribution in [-0.2, 0) is 4.79 Å². The molecule has 84 valence electrons. The molecular formula is C8H8N4O3S. The van der Waals surface area contributed by atoms with Crippen molar-refractivity contribution in [2.24, 2.45) is 5.73 Å². The van der Waals surface area contributed by atoms with E-state index in [0.29, 0.717) is 11.5 Å². The van der Waals surface area contributed by atoms with Crippen molar-refractivity contribution in [3.05, 3.63) is 11.8 Å². The number of amides is 1. The number of aromatic nitrogens is 3. The Morgan fingerprint density at radius 3 is 3.00 bits per heavy atom. The number of nitrogens with zero attached hydrogens (tertiary/aromatic N) is 3. The third-order valence-corrected chi connectivity index (χ3v) is 2.43. The van der Waals surface area contributed by atoms with Gasteiger partial charge in [0.05, 0.1) is 5.75 Å². The minimum atomic E-state index is -0.443. The summed E-state index contributed by atoms with van der Waals surface area (Å²) < 4.78 is 10.1. The summed E-state index contributed by atoms with van der Waals surface area (Å²) in [5.74, 6) is 0.560. The van der Waals surface area contributed by atoms with Crippen LogP contribution in [0.2, 0.25) is 0 Å². The van der Waals surface area contributed by atoms with E-state index >= 15 is 0 Å². The first-order valence-corrected chi connectivity index (χ1v) is 5.32. The number of nitrogens with two attached hydrogens (primary N) is 1. The molecule has 7 nitrogen and oxygen atoms in total. The molecule has 2 aromatic rings. The van der Waals surface area contributed by atoms with Crippen LogP contribution in [0, 0.1) is 6.92 Å². The van der Waals surface area contributed by atoms with Crippen molar-refractivity contribution in [2.75, 3.05) is 5.75 Å². The van der Waals surface area contributed by atoms with Crippen molar-refractivity contribution in [3.63, 3.8) is 0 Å². The maximum Gasteiger partial charge on any atom is 0.277 e. The van der Waals surface area contributed by atoms with Crippen LogP contribution in [0.15, 0.2) is 20.2 Å². The van der Waals surface area contributed by atoms with Crippen molar-refractivity contribution >= 4 is 17.7 Å². The lowest BCUT2D eigenvalue weighted by molar-refractivity contribution is -0.115. The third kappa shape index (κ3) is 2.40. The quantitative estimate of drug-likeness (QED) is 0.780. The molecule has 0 aliphatic heterocycles. The van der Waals surface area contributed by atoms with Gasteiger partial charge in [0.2, 0.25) is 5.91 Å². The first-order chi connectivity index (χ1) is 7.65. The summed E-state index contributed by atoms with van der Waals surface area (Å²) in [6.45, 7) is 1.76. The fourth-order valence-corrected chi connectivity index (χ4v) is 1.47. The smallest absolute Gasteiger partial charge is 0.277 e. The highest BCUT2D eigenvalue weighted by Crippen LogP contribution is 2.22. The van der Waals surface area contributed by atoms with Crippen molar-refractivity contribution in [1.82, 2.24) is 15.4 Å². The highest BCUT2D eigenvalue weighted by Gasteiger charge is 2.13. The number of primary amides is 1. The summed E-state index contributed by atoms with van der Waals surface area (Å²) in [6, 6.07) is 1.68. The van der Waals surface area contributed by atoms with E-state index in [4.69, 9.17) is 14.7 Å². The summed E-state index contributed by atoms with van der Waals surface area (Å²) in [6.07, 6.45) is 0. The zero-order chi connectivity index (χ0) is 11.5. The zero-order valence-corrected chi connectivity index (χ0v) is 9.15. The SMILES string of the molecule is Cc1cc(-c2nnc(SCC(N)=O)o2)no1. The lowest BCUT2D eigenvalue weighted by Crippen LogP contribution is -2.12. The maximum absolute atomic E-state index is 10.5. The third-order valence-electron chi connectivity index (χ3n) is 1.59. The number of hydrogen-bond acceptors (Lipinski definition) is 7.